The fourth-order valence-corrected chi connectivity index (χ4v) is 3.38. The van der Waals surface area contributed by atoms with Crippen LogP contribution in [0.2, 0.25) is 10.0 Å². The number of nitrogens with zero attached hydrogens (tertiary/aromatic N) is 4. The van der Waals surface area contributed by atoms with Crippen molar-refractivity contribution in [1.29, 1.82) is 0 Å². The van der Waals surface area contributed by atoms with Gasteiger partial charge in [-0.05, 0) is 42.5 Å². The number of carbonyl (C=O) groups excluding carboxylic acids is 2. The first-order valence-corrected chi connectivity index (χ1v) is 10.6. The lowest BCUT2D eigenvalue weighted by Crippen LogP contribution is -2.27. The zero-order valence-corrected chi connectivity index (χ0v) is 19.4. The molecule has 0 fully saturated rings. The normalized spacial score (nSPS) is 10.7. The van der Waals surface area contributed by atoms with Crippen LogP contribution in [0.25, 0.3) is 17.1 Å². The van der Waals surface area contributed by atoms with Crippen molar-refractivity contribution in [3.8, 4) is 22.8 Å². The van der Waals surface area contributed by atoms with Gasteiger partial charge in [0.15, 0.2) is 11.6 Å². The molecule has 0 aliphatic heterocycles. The van der Waals surface area contributed by atoms with E-state index >= 15 is 0 Å². The average Bonchev–Trinajstić information content (AvgIpc) is 3.19. The van der Waals surface area contributed by atoms with Crippen molar-refractivity contribution < 1.29 is 14.3 Å². The molecule has 168 valence electrons. The summed E-state index contributed by atoms with van der Waals surface area (Å²) in [4.78, 5) is 29.9. The molecule has 0 aliphatic carbocycles. The standard InChI is InChI=1S/C22H23Cl2N5O3/c1-28(2)21(31)11-10-20(30)25-13-19-26-22(14-4-7-16(32-3)8-5-14)29(27-19)18-9-6-15(23)12-17(18)24/h4-9,12H,10-11,13H2,1-3H3,(H,25,30). The Balaban J connectivity index is 1.85. The summed E-state index contributed by atoms with van der Waals surface area (Å²) in [5.74, 6) is 1.29. The second-order valence-corrected chi connectivity index (χ2v) is 8.00. The number of rotatable bonds is 8. The maximum atomic E-state index is 12.1. The fourth-order valence-electron chi connectivity index (χ4n) is 2.89. The minimum Gasteiger partial charge on any atom is -0.497 e. The Morgan fingerprint density at radius 2 is 1.81 bits per heavy atom. The highest BCUT2D eigenvalue weighted by molar-refractivity contribution is 6.35. The molecule has 10 heteroatoms. The van der Waals surface area contributed by atoms with Crippen LogP contribution >= 0.6 is 23.2 Å². The van der Waals surface area contributed by atoms with Crippen molar-refractivity contribution in [2.45, 2.75) is 19.4 Å². The number of nitrogens with one attached hydrogen (secondary N) is 1. The van der Waals surface area contributed by atoms with E-state index in [2.05, 4.69) is 15.4 Å². The van der Waals surface area contributed by atoms with E-state index in [1.54, 1.807) is 44.1 Å². The molecule has 0 bridgehead atoms. The summed E-state index contributed by atoms with van der Waals surface area (Å²) in [5, 5.41) is 8.22. The van der Waals surface area contributed by atoms with Crippen LogP contribution in [0.3, 0.4) is 0 Å². The summed E-state index contributed by atoms with van der Waals surface area (Å²) in [6.07, 6.45) is 0.226. The number of ether oxygens (including phenoxy) is 1. The van der Waals surface area contributed by atoms with E-state index in [0.29, 0.717) is 33.1 Å². The van der Waals surface area contributed by atoms with Crippen LogP contribution in [-0.2, 0) is 16.1 Å². The third-order valence-corrected chi connectivity index (χ3v) is 5.18. The van der Waals surface area contributed by atoms with Gasteiger partial charge in [0.1, 0.15) is 5.75 Å². The van der Waals surface area contributed by atoms with Gasteiger partial charge in [0, 0.05) is 37.5 Å². The highest BCUT2D eigenvalue weighted by atomic mass is 35.5. The molecule has 0 spiro atoms. The quantitative estimate of drug-likeness (QED) is 0.535. The fraction of sp³-hybridized carbons (Fsp3) is 0.273. The molecule has 3 aromatic rings. The Labute approximate surface area is 196 Å². The van der Waals surface area contributed by atoms with Gasteiger partial charge in [-0.25, -0.2) is 9.67 Å². The summed E-state index contributed by atoms with van der Waals surface area (Å²) >= 11 is 12.4. The Kier molecular flexibility index (Phi) is 7.71. The molecule has 2 aromatic carbocycles. The van der Waals surface area contributed by atoms with Gasteiger partial charge in [-0.2, -0.15) is 0 Å². The van der Waals surface area contributed by atoms with Crippen molar-refractivity contribution in [2.24, 2.45) is 0 Å². The van der Waals surface area contributed by atoms with Gasteiger partial charge in [0.25, 0.3) is 0 Å². The number of carbonyl (C=O) groups is 2. The van der Waals surface area contributed by atoms with E-state index in [1.807, 2.05) is 24.3 Å². The number of halogens is 2. The Morgan fingerprint density at radius 3 is 2.44 bits per heavy atom. The van der Waals surface area contributed by atoms with E-state index in [4.69, 9.17) is 27.9 Å². The first-order chi connectivity index (χ1) is 15.3. The number of benzene rings is 2. The van der Waals surface area contributed by atoms with Gasteiger partial charge >= 0.3 is 0 Å². The lowest BCUT2D eigenvalue weighted by molar-refractivity contribution is -0.131. The van der Waals surface area contributed by atoms with Crippen molar-refractivity contribution in [3.05, 3.63) is 58.3 Å². The van der Waals surface area contributed by atoms with Crippen LogP contribution in [0.15, 0.2) is 42.5 Å². The molecule has 3 rings (SSSR count). The zero-order valence-electron chi connectivity index (χ0n) is 17.9. The van der Waals surface area contributed by atoms with Gasteiger partial charge in [0.2, 0.25) is 11.8 Å². The number of methoxy groups -OCH3 is 1. The highest BCUT2D eigenvalue weighted by Gasteiger charge is 2.17. The molecule has 1 heterocycles. The number of amides is 2. The van der Waals surface area contributed by atoms with Gasteiger partial charge in [-0.15, -0.1) is 5.10 Å². The maximum Gasteiger partial charge on any atom is 0.222 e. The van der Waals surface area contributed by atoms with Gasteiger partial charge < -0.3 is 15.0 Å². The molecule has 1 aromatic heterocycles. The molecular formula is C22H23Cl2N5O3. The Morgan fingerprint density at radius 1 is 1.09 bits per heavy atom. The van der Waals surface area contributed by atoms with Crippen LogP contribution in [0.5, 0.6) is 5.75 Å². The third-order valence-electron chi connectivity index (χ3n) is 4.65. The minimum absolute atomic E-state index is 0.0894. The number of aromatic nitrogens is 3. The Hall–Kier alpha value is -3.10. The topological polar surface area (TPSA) is 89.3 Å². The summed E-state index contributed by atoms with van der Waals surface area (Å²) in [7, 11) is 4.90. The predicted octanol–water partition coefficient (Wildman–Crippen LogP) is 3.73. The molecule has 0 aliphatic rings. The first kappa shape index (κ1) is 23.6. The lowest BCUT2D eigenvalue weighted by atomic mass is 10.2. The van der Waals surface area contributed by atoms with Crippen molar-refractivity contribution in [1.82, 2.24) is 25.0 Å². The third kappa shape index (κ3) is 5.77. The molecule has 32 heavy (non-hydrogen) atoms. The molecule has 0 saturated carbocycles. The molecule has 0 unspecified atom stereocenters. The molecular weight excluding hydrogens is 453 g/mol. The molecule has 8 nitrogen and oxygen atoms in total. The van der Waals surface area contributed by atoms with Gasteiger partial charge in [-0.1, -0.05) is 23.2 Å². The summed E-state index contributed by atoms with van der Waals surface area (Å²) in [6, 6.07) is 12.5. The molecule has 0 saturated heterocycles. The van der Waals surface area contributed by atoms with Gasteiger partial charge in [0.05, 0.1) is 24.4 Å². The number of hydrogen-bond donors (Lipinski definition) is 1. The second kappa shape index (κ2) is 10.5. The Bertz CT molecular complexity index is 1110. The van der Waals surface area contributed by atoms with Crippen molar-refractivity contribution in [2.75, 3.05) is 21.2 Å². The smallest absolute Gasteiger partial charge is 0.222 e. The zero-order chi connectivity index (χ0) is 23.3. The summed E-state index contributed by atoms with van der Waals surface area (Å²) < 4.78 is 6.83. The van der Waals surface area contributed by atoms with E-state index in [0.717, 1.165) is 5.56 Å². The van der Waals surface area contributed by atoms with Crippen LogP contribution in [0.1, 0.15) is 18.7 Å². The number of hydrogen-bond acceptors (Lipinski definition) is 5. The van der Waals surface area contributed by atoms with E-state index < -0.39 is 0 Å². The minimum atomic E-state index is -0.257. The van der Waals surface area contributed by atoms with Crippen LogP contribution in [0, 0.1) is 0 Å². The van der Waals surface area contributed by atoms with Gasteiger partial charge in [-0.3, -0.25) is 9.59 Å². The predicted molar refractivity (Wildman–Crippen MR) is 123 cm³/mol. The SMILES string of the molecule is COc1ccc(-c2nc(CNC(=O)CCC(=O)N(C)C)nn2-c2ccc(Cl)cc2Cl)cc1. The lowest BCUT2D eigenvalue weighted by Gasteiger charge is -2.09. The van der Waals surface area contributed by atoms with Crippen LogP contribution in [-0.4, -0.2) is 52.7 Å². The largest absolute Gasteiger partial charge is 0.497 e. The molecule has 0 radical (unpaired) electrons. The monoisotopic (exact) mass is 475 g/mol. The maximum absolute atomic E-state index is 12.1. The first-order valence-electron chi connectivity index (χ1n) is 9.81. The summed E-state index contributed by atoms with van der Waals surface area (Å²) in [6.45, 7) is 0.107. The average molecular weight is 476 g/mol. The molecule has 0 atom stereocenters. The van der Waals surface area contributed by atoms with Crippen molar-refractivity contribution >= 4 is 35.0 Å². The van der Waals surface area contributed by atoms with Crippen LogP contribution < -0.4 is 10.1 Å². The van der Waals surface area contributed by atoms with E-state index in [-0.39, 0.29) is 31.2 Å². The highest BCUT2D eigenvalue weighted by Crippen LogP contribution is 2.29. The van der Waals surface area contributed by atoms with Crippen molar-refractivity contribution in [3.63, 3.8) is 0 Å². The van der Waals surface area contributed by atoms with E-state index in [9.17, 15) is 9.59 Å². The second-order valence-electron chi connectivity index (χ2n) is 7.15. The van der Waals surface area contributed by atoms with Crippen LogP contribution in [0.4, 0.5) is 0 Å². The van der Waals surface area contributed by atoms with E-state index in [1.165, 1.54) is 4.90 Å². The summed E-state index contributed by atoms with van der Waals surface area (Å²) in [5.41, 5.74) is 1.39. The molecule has 1 N–H and O–H groups in total. The molecule has 2 amide bonds.